The Hall–Kier alpha value is -3.13. The van der Waals surface area contributed by atoms with Crippen LogP contribution in [0.4, 0.5) is 4.39 Å². The maximum Gasteiger partial charge on any atom is 0.342 e. The number of hydrogen-bond acceptors (Lipinski definition) is 7. The van der Waals surface area contributed by atoms with E-state index in [9.17, 15) is 9.18 Å². The Morgan fingerprint density at radius 1 is 1.00 bits per heavy atom. The van der Waals surface area contributed by atoms with Crippen molar-refractivity contribution in [3.8, 4) is 27.8 Å². The summed E-state index contributed by atoms with van der Waals surface area (Å²) in [4.78, 5) is 16.7. The highest BCUT2D eigenvalue weighted by Crippen LogP contribution is 2.33. The Labute approximate surface area is 165 Å². The smallest absolute Gasteiger partial charge is 0.342 e. The summed E-state index contributed by atoms with van der Waals surface area (Å²) in [5, 5.41) is 2.54. The molecular formula is C20H18FNO5S. The van der Waals surface area contributed by atoms with Gasteiger partial charge in [0, 0.05) is 10.9 Å². The van der Waals surface area contributed by atoms with Gasteiger partial charge in [0.15, 0.2) is 11.5 Å². The second-order valence-corrected chi connectivity index (χ2v) is 6.49. The lowest BCUT2D eigenvalue weighted by Crippen LogP contribution is -2.08. The Morgan fingerprint density at radius 3 is 2.43 bits per heavy atom. The molecule has 146 valence electrons. The molecule has 2 aromatic carbocycles. The van der Waals surface area contributed by atoms with Crippen LogP contribution in [0, 0.1) is 5.82 Å². The van der Waals surface area contributed by atoms with Crippen LogP contribution in [-0.4, -0.2) is 32.3 Å². The van der Waals surface area contributed by atoms with Crippen molar-refractivity contribution in [2.24, 2.45) is 0 Å². The van der Waals surface area contributed by atoms with Gasteiger partial charge in [-0.25, -0.2) is 14.2 Å². The molecular weight excluding hydrogens is 385 g/mol. The normalized spacial score (nSPS) is 10.4. The van der Waals surface area contributed by atoms with Crippen molar-refractivity contribution in [1.29, 1.82) is 0 Å². The van der Waals surface area contributed by atoms with Crippen LogP contribution in [0.5, 0.6) is 17.2 Å². The number of hydrogen-bond donors (Lipinski definition) is 0. The highest BCUT2D eigenvalue weighted by Gasteiger charge is 2.16. The average molecular weight is 403 g/mol. The fourth-order valence-corrected chi connectivity index (χ4v) is 3.33. The minimum absolute atomic E-state index is 0.0258. The zero-order valence-corrected chi connectivity index (χ0v) is 16.3. The summed E-state index contributed by atoms with van der Waals surface area (Å²) in [6.45, 7) is -0.0394. The molecule has 8 heteroatoms. The van der Waals surface area contributed by atoms with Gasteiger partial charge in [0.25, 0.3) is 0 Å². The number of rotatable bonds is 7. The Kier molecular flexibility index (Phi) is 6.10. The van der Waals surface area contributed by atoms with E-state index in [1.54, 1.807) is 25.7 Å². The summed E-state index contributed by atoms with van der Waals surface area (Å²) in [7, 11) is 4.54. The van der Waals surface area contributed by atoms with Crippen LogP contribution < -0.4 is 14.2 Å². The SMILES string of the molecule is COc1ccc(-c2nc(COC(=O)c3cc(F)ccc3OC)cs2)cc1OC. The van der Waals surface area contributed by atoms with Crippen LogP contribution in [-0.2, 0) is 11.3 Å². The van der Waals surface area contributed by atoms with Gasteiger partial charge in [-0.15, -0.1) is 11.3 Å². The number of nitrogens with zero attached hydrogens (tertiary/aromatic N) is 1. The largest absolute Gasteiger partial charge is 0.496 e. The van der Waals surface area contributed by atoms with Gasteiger partial charge in [-0.2, -0.15) is 0 Å². The zero-order chi connectivity index (χ0) is 20.1. The lowest BCUT2D eigenvalue weighted by atomic mass is 10.2. The number of esters is 1. The van der Waals surface area contributed by atoms with Gasteiger partial charge in [0.05, 0.1) is 27.0 Å². The summed E-state index contributed by atoms with van der Waals surface area (Å²) < 4.78 is 34.3. The second-order valence-electron chi connectivity index (χ2n) is 5.63. The number of ether oxygens (including phenoxy) is 4. The molecule has 1 aromatic heterocycles. The van der Waals surface area contributed by atoms with Crippen molar-refractivity contribution in [3.63, 3.8) is 0 Å². The minimum Gasteiger partial charge on any atom is -0.496 e. The molecule has 0 saturated carbocycles. The standard InChI is InChI=1S/C20H18FNO5S/c1-24-16-7-5-13(21)9-15(16)20(23)27-10-14-11-28-19(22-14)12-4-6-17(25-2)18(8-12)26-3/h4-9,11H,10H2,1-3H3. The highest BCUT2D eigenvalue weighted by molar-refractivity contribution is 7.13. The first kappa shape index (κ1) is 19.6. The van der Waals surface area contributed by atoms with Gasteiger partial charge in [-0.05, 0) is 36.4 Å². The molecule has 0 bridgehead atoms. The van der Waals surface area contributed by atoms with E-state index in [2.05, 4.69) is 4.98 Å². The molecule has 1 heterocycles. The molecule has 6 nitrogen and oxygen atoms in total. The number of benzene rings is 2. The number of halogens is 1. The maximum absolute atomic E-state index is 13.4. The number of aromatic nitrogens is 1. The average Bonchev–Trinajstić information content (AvgIpc) is 3.20. The Balaban J connectivity index is 1.72. The van der Waals surface area contributed by atoms with Gasteiger partial charge < -0.3 is 18.9 Å². The van der Waals surface area contributed by atoms with Gasteiger partial charge in [-0.3, -0.25) is 0 Å². The fourth-order valence-electron chi connectivity index (χ4n) is 2.53. The van der Waals surface area contributed by atoms with Crippen molar-refractivity contribution in [1.82, 2.24) is 4.98 Å². The van der Waals surface area contributed by atoms with Crippen LogP contribution in [0.25, 0.3) is 10.6 Å². The van der Waals surface area contributed by atoms with Crippen LogP contribution >= 0.6 is 11.3 Å². The lowest BCUT2D eigenvalue weighted by Gasteiger charge is -2.08. The van der Waals surface area contributed by atoms with E-state index < -0.39 is 11.8 Å². The Bertz CT molecular complexity index is 988. The molecule has 0 N–H and O–H groups in total. The zero-order valence-electron chi connectivity index (χ0n) is 15.5. The number of thiazole rings is 1. The number of carbonyl (C=O) groups excluding carboxylic acids is 1. The summed E-state index contributed by atoms with van der Waals surface area (Å²) in [6.07, 6.45) is 0. The van der Waals surface area contributed by atoms with E-state index in [-0.39, 0.29) is 17.9 Å². The van der Waals surface area contributed by atoms with Crippen LogP contribution in [0.2, 0.25) is 0 Å². The molecule has 0 unspecified atom stereocenters. The molecule has 0 radical (unpaired) electrons. The van der Waals surface area contributed by atoms with Crippen LogP contribution in [0.15, 0.2) is 41.8 Å². The summed E-state index contributed by atoms with van der Waals surface area (Å²) in [5.74, 6) is 0.243. The van der Waals surface area contributed by atoms with Crippen molar-refractivity contribution >= 4 is 17.3 Å². The lowest BCUT2D eigenvalue weighted by molar-refractivity contribution is 0.0464. The van der Waals surface area contributed by atoms with Gasteiger partial charge in [0.2, 0.25) is 0 Å². The molecule has 0 fully saturated rings. The van der Waals surface area contributed by atoms with Gasteiger partial charge in [0.1, 0.15) is 28.7 Å². The summed E-state index contributed by atoms with van der Waals surface area (Å²) >= 11 is 1.41. The second kappa shape index (κ2) is 8.71. The molecule has 0 aliphatic heterocycles. The van der Waals surface area contributed by atoms with Crippen molar-refractivity contribution in [2.75, 3.05) is 21.3 Å². The topological polar surface area (TPSA) is 66.9 Å². The molecule has 0 amide bonds. The van der Waals surface area contributed by atoms with E-state index in [1.165, 1.54) is 30.6 Å². The first-order valence-electron chi connectivity index (χ1n) is 8.23. The van der Waals surface area contributed by atoms with Crippen LogP contribution in [0.1, 0.15) is 16.1 Å². The van der Waals surface area contributed by atoms with Crippen molar-refractivity contribution in [3.05, 3.63) is 58.9 Å². The molecule has 0 saturated heterocycles. The third-order valence-electron chi connectivity index (χ3n) is 3.91. The molecule has 3 aromatic rings. The van der Waals surface area contributed by atoms with E-state index in [0.717, 1.165) is 16.6 Å². The van der Waals surface area contributed by atoms with E-state index in [1.807, 2.05) is 12.1 Å². The first-order valence-corrected chi connectivity index (χ1v) is 9.11. The highest BCUT2D eigenvalue weighted by atomic mass is 32.1. The molecule has 28 heavy (non-hydrogen) atoms. The monoisotopic (exact) mass is 403 g/mol. The van der Waals surface area contributed by atoms with E-state index >= 15 is 0 Å². The summed E-state index contributed by atoms with van der Waals surface area (Å²) in [5.41, 5.74) is 1.46. The van der Waals surface area contributed by atoms with Gasteiger partial charge >= 0.3 is 5.97 Å². The molecule has 0 aliphatic rings. The van der Waals surface area contributed by atoms with E-state index in [0.29, 0.717) is 17.2 Å². The fraction of sp³-hybridized carbons (Fsp3) is 0.200. The van der Waals surface area contributed by atoms with Crippen LogP contribution in [0.3, 0.4) is 0 Å². The number of methoxy groups -OCH3 is 3. The third kappa shape index (κ3) is 4.23. The molecule has 3 rings (SSSR count). The maximum atomic E-state index is 13.4. The van der Waals surface area contributed by atoms with Crippen molar-refractivity contribution < 1.29 is 28.1 Å². The van der Waals surface area contributed by atoms with Crippen molar-refractivity contribution in [2.45, 2.75) is 6.61 Å². The first-order chi connectivity index (χ1) is 13.5. The number of carbonyl (C=O) groups is 1. The van der Waals surface area contributed by atoms with E-state index in [4.69, 9.17) is 18.9 Å². The minimum atomic E-state index is -0.683. The quantitative estimate of drug-likeness (QED) is 0.547. The predicted octanol–water partition coefficient (Wildman–Crippen LogP) is 4.33. The van der Waals surface area contributed by atoms with Gasteiger partial charge in [-0.1, -0.05) is 0 Å². The molecule has 0 atom stereocenters. The predicted molar refractivity (Wildman–Crippen MR) is 103 cm³/mol. The Morgan fingerprint density at radius 2 is 1.71 bits per heavy atom. The molecule has 0 spiro atoms. The summed E-state index contributed by atoms with van der Waals surface area (Å²) in [6, 6.07) is 9.16. The molecule has 0 aliphatic carbocycles. The third-order valence-corrected chi connectivity index (χ3v) is 4.85.